The van der Waals surface area contributed by atoms with E-state index in [1.165, 1.54) is 4.90 Å². The summed E-state index contributed by atoms with van der Waals surface area (Å²) in [6.07, 6.45) is 2.99. The average Bonchev–Trinajstić information content (AvgIpc) is 2.15. The van der Waals surface area contributed by atoms with Crippen molar-refractivity contribution >= 4 is 11.8 Å². The van der Waals surface area contributed by atoms with Crippen LogP contribution < -0.4 is 0 Å². The SMILES string of the molecule is C=CCCCC(=O)N1C[C@@H]([C@@H](C)O)C1=O. The topological polar surface area (TPSA) is 57.6 Å². The quantitative estimate of drug-likeness (QED) is 0.414. The summed E-state index contributed by atoms with van der Waals surface area (Å²) in [7, 11) is 0. The molecule has 1 heterocycles. The highest BCUT2D eigenvalue weighted by Crippen LogP contribution is 2.22. The van der Waals surface area contributed by atoms with E-state index in [2.05, 4.69) is 6.58 Å². The van der Waals surface area contributed by atoms with Gasteiger partial charge in [0, 0.05) is 13.0 Å². The number of carbonyl (C=O) groups excluding carboxylic acids is 2. The van der Waals surface area contributed by atoms with E-state index in [1.54, 1.807) is 13.0 Å². The minimum atomic E-state index is -0.658. The van der Waals surface area contributed by atoms with E-state index in [4.69, 9.17) is 0 Å². The number of hydrogen-bond donors (Lipinski definition) is 1. The van der Waals surface area contributed by atoms with Crippen LogP contribution in [0.2, 0.25) is 0 Å². The summed E-state index contributed by atoms with van der Waals surface area (Å²) in [5, 5.41) is 9.18. The van der Waals surface area contributed by atoms with Gasteiger partial charge in [-0.05, 0) is 19.8 Å². The van der Waals surface area contributed by atoms with Crippen LogP contribution in [0.4, 0.5) is 0 Å². The zero-order valence-corrected chi connectivity index (χ0v) is 8.98. The molecule has 4 heteroatoms. The highest BCUT2D eigenvalue weighted by molar-refractivity contribution is 6.01. The van der Waals surface area contributed by atoms with E-state index in [0.717, 1.165) is 12.8 Å². The lowest BCUT2D eigenvalue weighted by Crippen LogP contribution is -2.58. The van der Waals surface area contributed by atoms with Gasteiger partial charge in [0.05, 0.1) is 12.0 Å². The molecule has 1 aliphatic heterocycles. The van der Waals surface area contributed by atoms with Gasteiger partial charge in [-0.25, -0.2) is 0 Å². The fourth-order valence-corrected chi connectivity index (χ4v) is 1.57. The molecule has 1 N–H and O–H groups in total. The van der Waals surface area contributed by atoms with Crippen molar-refractivity contribution in [1.82, 2.24) is 4.90 Å². The first-order valence-electron chi connectivity index (χ1n) is 5.21. The molecule has 2 atom stereocenters. The summed E-state index contributed by atoms with van der Waals surface area (Å²) in [5.74, 6) is -0.763. The number of nitrogens with zero attached hydrogens (tertiary/aromatic N) is 1. The van der Waals surface area contributed by atoms with Crippen molar-refractivity contribution in [2.24, 2.45) is 5.92 Å². The smallest absolute Gasteiger partial charge is 0.236 e. The molecule has 0 aromatic heterocycles. The van der Waals surface area contributed by atoms with E-state index in [-0.39, 0.29) is 17.7 Å². The Morgan fingerprint density at radius 3 is 2.93 bits per heavy atom. The van der Waals surface area contributed by atoms with Crippen LogP contribution in [0.25, 0.3) is 0 Å². The fourth-order valence-electron chi connectivity index (χ4n) is 1.57. The van der Waals surface area contributed by atoms with Crippen molar-refractivity contribution < 1.29 is 14.7 Å². The molecule has 2 amide bonds. The molecular formula is C11H17NO3. The molecule has 4 nitrogen and oxygen atoms in total. The zero-order valence-electron chi connectivity index (χ0n) is 8.98. The number of hydrogen-bond acceptors (Lipinski definition) is 3. The highest BCUT2D eigenvalue weighted by Gasteiger charge is 2.42. The number of likely N-dealkylation sites (tertiary alicyclic amines) is 1. The van der Waals surface area contributed by atoms with Crippen molar-refractivity contribution in [2.45, 2.75) is 32.3 Å². The number of aliphatic hydroxyl groups excluding tert-OH is 1. The van der Waals surface area contributed by atoms with Gasteiger partial charge >= 0.3 is 0 Å². The molecule has 0 aromatic carbocycles. The van der Waals surface area contributed by atoms with E-state index in [1.807, 2.05) is 0 Å². The summed E-state index contributed by atoms with van der Waals surface area (Å²) < 4.78 is 0. The predicted molar refractivity (Wildman–Crippen MR) is 55.9 cm³/mol. The summed E-state index contributed by atoms with van der Waals surface area (Å²) in [6, 6.07) is 0. The third-order valence-electron chi connectivity index (χ3n) is 2.64. The molecule has 1 saturated heterocycles. The minimum Gasteiger partial charge on any atom is -0.393 e. The van der Waals surface area contributed by atoms with Crippen molar-refractivity contribution in [3.05, 3.63) is 12.7 Å². The normalized spacial score (nSPS) is 22.1. The average molecular weight is 211 g/mol. The molecule has 0 bridgehead atoms. The van der Waals surface area contributed by atoms with Gasteiger partial charge < -0.3 is 5.11 Å². The summed E-state index contributed by atoms with van der Waals surface area (Å²) in [4.78, 5) is 24.1. The number of allylic oxidation sites excluding steroid dienone is 1. The Morgan fingerprint density at radius 1 is 1.80 bits per heavy atom. The molecule has 0 aliphatic carbocycles. The first-order chi connectivity index (χ1) is 7.07. The van der Waals surface area contributed by atoms with Crippen LogP contribution in [0.3, 0.4) is 0 Å². The highest BCUT2D eigenvalue weighted by atomic mass is 16.3. The van der Waals surface area contributed by atoms with E-state index >= 15 is 0 Å². The Hall–Kier alpha value is -1.16. The van der Waals surface area contributed by atoms with Crippen LogP contribution in [-0.2, 0) is 9.59 Å². The van der Waals surface area contributed by atoms with Crippen LogP contribution in [0.5, 0.6) is 0 Å². The maximum Gasteiger partial charge on any atom is 0.236 e. The third-order valence-corrected chi connectivity index (χ3v) is 2.64. The van der Waals surface area contributed by atoms with E-state index < -0.39 is 6.10 Å². The first-order valence-corrected chi connectivity index (χ1v) is 5.21. The molecule has 0 radical (unpaired) electrons. The van der Waals surface area contributed by atoms with Crippen LogP contribution >= 0.6 is 0 Å². The van der Waals surface area contributed by atoms with Gasteiger partial charge in [-0.1, -0.05) is 6.08 Å². The molecule has 84 valence electrons. The minimum absolute atomic E-state index is 0.140. The van der Waals surface area contributed by atoms with Crippen molar-refractivity contribution in [3.8, 4) is 0 Å². The third kappa shape index (κ3) is 2.65. The summed E-state index contributed by atoms with van der Waals surface area (Å²) in [6.45, 7) is 5.50. The molecule has 1 rings (SSSR count). The maximum atomic E-state index is 11.5. The predicted octanol–water partition coefficient (Wildman–Crippen LogP) is 0.708. The number of unbranched alkanes of at least 4 members (excludes halogenated alkanes) is 1. The zero-order chi connectivity index (χ0) is 11.4. The Bertz CT molecular complexity index is 273. The Morgan fingerprint density at radius 2 is 2.47 bits per heavy atom. The van der Waals surface area contributed by atoms with E-state index in [0.29, 0.717) is 13.0 Å². The van der Waals surface area contributed by atoms with Gasteiger partial charge in [-0.15, -0.1) is 6.58 Å². The molecule has 1 aliphatic rings. The number of imide groups is 1. The Labute approximate surface area is 89.6 Å². The standard InChI is InChI=1S/C11H17NO3/c1-3-4-5-6-10(14)12-7-9(8(2)13)11(12)15/h3,8-9,13H,1,4-7H2,2H3/t8-,9+/m1/s1. The largest absolute Gasteiger partial charge is 0.393 e. The molecule has 1 fully saturated rings. The van der Waals surface area contributed by atoms with Gasteiger partial charge in [0.15, 0.2) is 0 Å². The number of carbonyl (C=O) groups is 2. The lowest BCUT2D eigenvalue weighted by Gasteiger charge is -2.38. The first kappa shape index (κ1) is 11.9. The van der Waals surface area contributed by atoms with Crippen LogP contribution in [0.1, 0.15) is 26.2 Å². The Balaban J connectivity index is 2.32. The van der Waals surface area contributed by atoms with Crippen molar-refractivity contribution in [3.63, 3.8) is 0 Å². The van der Waals surface area contributed by atoms with Crippen LogP contribution in [-0.4, -0.2) is 34.5 Å². The monoisotopic (exact) mass is 211 g/mol. The summed E-state index contributed by atoms with van der Waals surface area (Å²) in [5.41, 5.74) is 0. The molecule has 15 heavy (non-hydrogen) atoms. The van der Waals surface area contributed by atoms with Crippen LogP contribution in [0, 0.1) is 5.92 Å². The molecule has 0 spiro atoms. The number of amides is 2. The lowest BCUT2D eigenvalue weighted by molar-refractivity contribution is -0.163. The van der Waals surface area contributed by atoms with Gasteiger partial charge in [-0.3, -0.25) is 14.5 Å². The fraction of sp³-hybridized carbons (Fsp3) is 0.636. The molecular weight excluding hydrogens is 194 g/mol. The second kappa shape index (κ2) is 5.07. The number of β-lactam (4-membered cyclic amide) rings is 1. The van der Waals surface area contributed by atoms with Crippen molar-refractivity contribution in [2.75, 3.05) is 6.54 Å². The van der Waals surface area contributed by atoms with Crippen molar-refractivity contribution in [1.29, 1.82) is 0 Å². The van der Waals surface area contributed by atoms with E-state index in [9.17, 15) is 14.7 Å². The van der Waals surface area contributed by atoms with Gasteiger partial charge in [0.2, 0.25) is 11.8 Å². The maximum absolute atomic E-state index is 11.5. The van der Waals surface area contributed by atoms with Gasteiger partial charge in [0.25, 0.3) is 0 Å². The Kier molecular flexibility index (Phi) is 4.03. The molecule has 0 aromatic rings. The number of rotatable bonds is 5. The molecule has 0 saturated carbocycles. The number of aliphatic hydroxyl groups is 1. The molecule has 0 unspecified atom stereocenters. The van der Waals surface area contributed by atoms with Gasteiger partial charge in [0.1, 0.15) is 0 Å². The lowest BCUT2D eigenvalue weighted by atomic mass is 9.93. The van der Waals surface area contributed by atoms with Gasteiger partial charge in [-0.2, -0.15) is 0 Å². The second-order valence-electron chi connectivity index (χ2n) is 3.87. The second-order valence-corrected chi connectivity index (χ2v) is 3.87. The summed E-state index contributed by atoms with van der Waals surface area (Å²) >= 11 is 0. The van der Waals surface area contributed by atoms with Crippen LogP contribution in [0.15, 0.2) is 12.7 Å².